The minimum Gasteiger partial charge on any atom is -1.00 e. The van der Waals surface area contributed by atoms with Crippen LogP contribution in [0.1, 0.15) is 41.0 Å². The fraction of sp³-hybridized carbons (Fsp3) is 0.263. The van der Waals surface area contributed by atoms with Crippen molar-refractivity contribution in [2.45, 2.75) is 18.8 Å². The van der Waals surface area contributed by atoms with Crippen LogP contribution in [0.15, 0.2) is 48.5 Å². The van der Waals surface area contributed by atoms with Gasteiger partial charge in [0.25, 0.3) is 0 Å². The molecule has 2 N–H and O–H groups in total. The molecule has 0 amide bonds. The van der Waals surface area contributed by atoms with Crippen LogP contribution in [0, 0.1) is 0 Å². The zero-order valence-electron chi connectivity index (χ0n) is 12.4. The summed E-state index contributed by atoms with van der Waals surface area (Å²) in [6, 6.07) is 17.7. The van der Waals surface area contributed by atoms with E-state index in [1.165, 1.54) is 41.6 Å². The van der Waals surface area contributed by atoms with Gasteiger partial charge in [-0.3, -0.25) is 0 Å². The summed E-state index contributed by atoms with van der Waals surface area (Å²) in [4.78, 5) is 0. The summed E-state index contributed by atoms with van der Waals surface area (Å²) in [6.45, 7) is 1.20. The molecule has 0 bridgehead atoms. The number of rotatable bonds is 4. The van der Waals surface area contributed by atoms with Crippen molar-refractivity contribution in [2.24, 2.45) is 0 Å². The van der Waals surface area contributed by atoms with Crippen LogP contribution in [-0.2, 0) is 0 Å². The third-order valence-corrected chi connectivity index (χ3v) is 4.17. The molecule has 2 aromatic carbocycles. The number of hydrogen-bond donors (Lipinski definition) is 1. The number of hydrogen-bond acceptors (Lipinski definition) is 0. The molecule has 1 aliphatic carbocycles. The van der Waals surface area contributed by atoms with Gasteiger partial charge in [0, 0.05) is 5.92 Å². The lowest BCUT2D eigenvalue weighted by Gasteiger charge is -2.20. The van der Waals surface area contributed by atoms with E-state index < -0.39 is 0 Å². The van der Waals surface area contributed by atoms with Crippen molar-refractivity contribution in [3.8, 4) is 0 Å². The van der Waals surface area contributed by atoms with Crippen molar-refractivity contribution in [2.75, 3.05) is 13.6 Å². The highest BCUT2D eigenvalue weighted by atomic mass is 35.5. The standard InChI is InChI=1S/C19H21N.ClH/c1-20-14-6-11-19-17-9-4-2-7-15(17)12-13-16-8-3-5-10-18(16)19;/h2-5,7-10,12-13,19-20H,6,11,14H2,1H3;1H. The molecule has 0 heterocycles. The Bertz CT molecular complexity index is 569. The smallest absolute Gasteiger partial charge is 0.0753 e. The first-order chi connectivity index (χ1) is 9.90. The zero-order chi connectivity index (χ0) is 13.8. The van der Waals surface area contributed by atoms with E-state index in [2.05, 4.69) is 73.0 Å². The number of quaternary nitrogens is 1. The number of fused-ring (bicyclic) bond motifs is 2. The van der Waals surface area contributed by atoms with Crippen molar-refractivity contribution < 1.29 is 17.7 Å². The molecule has 0 unspecified atom stereocenters. The highest BCUT2D eigenvalue weighted by Crippen LogP contribution is 2.37. The van der Waals surface area contributed by atoms with Gasteiger partial charge in [-0.1, -0.05) is 60.7 Å². The molecule has 21 heavy (non-hydrogen) atoms. The number of benzene rings is 2. The monoisotopic (exact) mass is 299 g/mol. The van der Waals surface area contributed by atoms with Gasteiger partial charge in [-0.15, -0.1) is 0 Å². The first kappa shape index (κ1) is 15.8. The van der Waals surface area contributed by atoms with Gasteiger partial charge < -0.3 is 17.7 Å². The van der Waals surface area contributed by atoms with Crippen molar-refractivity contribution in [3.63, 3.8) is 0 Å². The van der Waals surface area contributed by atoms with Gasteiger partial charge in [0.15, 0.2) is 0 Å². The van der Waals surface area contributed by atoms with Crippen LogP contribution in [0.5, 0.6) is 0 Å². The maximum Gasteiger partial charge on any atom is 0.0753 e. The fourth-order valence-electron chi connectivity index (χ4n) is 3.14. The van der Waals surface area contributed by atoms with Gasteiger partial charge in [-0.2, -0.15) is 0 Å². The summed E-state index contributed by atoms with van der Waals surface area (Å²) in [5.74, 6) is 0.525. The van der Waals surface area contributed by atoms with Crippen LogP contribution in [0.3, 0.4) is 0 Å². The van der Waals surface area contributed by atoms with Gasteiger partial charge in [0.1, 0.15) is 0 Å². The quantitative estimate of drug-likeness (QED) is 0.781. The summed E-state index contributed by atoms with van der Waals surface area (Å²) < 4.78 is 0. The normalized spacial score (nSPS) is 13.0. The third-order valence-electron chi connectivity index (χ3n) is 4.17. The summed E-state index contributed by atoms with van der Waals surface area (Å²) >= 11 is 0. The maximum absolute atomic E-state index is 2.29. The Morgan fingerprint density at radius 2 is 1.38 bits per heavy atom. The highest BCUT2D eigenvalue weighted by molar-refractivity contribution is 5.76. The van der Waals surface area contributed by atoms with E-state index in [-0.39, 0.29) is 12.4 Å². The van der Waals surface area contributed by atoms with E-state index in [4.69, 9.17) is 0 Å². The van der Waals surface area contributed by atoms with E-state index in [0.717, 1.165) is 0 Å². The van der Waals surface area contributed by atoms with E-state index in [1.54, 1.807) is 0 Å². The average molecular weight is 300 g/mol. The Hall–Kier alpha value is -1.57. The Balaban J connectivity index is 0.00000161. The number of nitrogens with two attached hydrogens (primary N) is 1. The molecule has 1 nitrogen and oxygen atoms in total. The van der Waals surface area contributed by atoms with Gasteiger partial charge in [-0.25, -0.2) is 0 Å². The first-order valence-electron chi connectivity index (χ1n) is 7.54. The molecule has 0 aromatic heterocycles. The van der Waals surface area contributed by atoms with Crippen molar-refractivity contribution in [3.05, 3.63) is 70.8 Å². The second-order valence-electron chi connectivity index (χ2n) is 5.48. The highest BCUT2D eigenvalue weighted by Gasteiger charge is 2.20. The van der Waals surface area contributed by atoms with Crippen molar-refractivity contribution in [1.82, 2.24) is 0 Å². The summed E-state index contributed by atoms with van der Waals surface area (Å²) in [5, 5.41) is 2.27. The Kier molecular flexibility index (Phi) is 5.60. The predicted octanol–water partition coefficient (Wildman–Crippen LogP) is 0.280. The molecule has 0 saturated heterocycles. The second kappa shape index (κ2) is 7.44. The molecule has 0 fully saturated rings. The SMILES string of the molecule is C[NH2+]CCCC1c2ccccc2C=Cc2ccccc21.[Cl-]. The van der Waals surface area contributed by atoms with Crippen LogP contribution < -0.4 is 17.7 Å². The molecule has 2 heteroatoms. The lowest BCUT2D eigenvalue weighted by Crippen LogP contribution is -3.00. The predicted molar refractivity (Wildman–Crippen MR) is 85.6 cm³/mol. The number of halogens is 1. The van der Waals surface area contributed by atoms with Crippen LogP contribution in [0.25, 0.3) is 12.2 Å². The second-order valence-corrected chi connectivity index (χ2v) is 5.48. The topological polar surface area (TPSA) is 16.6 Å². The van der Waals surface area contributed by atoms with Crippen molar-refractivity contribution in [1.29, 1.82) is 0 Å². The molecule has 0 atom stereocenters. The summed E-state index contributed by atoms with van der Waals surface area (Å²) in [7, 11) is 2.15. The first-order valence-corrected chi connectivity index (χ1v) is 7.54. The molecule has 1 aliphatic rings. The molecule has 0 saturated carbocycles. The largest absolute Gasteiger partial charge is 1.00 e. The summed E-state index contributed by atoms with van der Waals surface area (Å²) in [6.07, 6.45) is 7.00. The summed E-state index contributed by atoms with van der Waals surface area (Å²) in [5.41, 5.74) is 5.69. The van der Waals surface area contributed by atoms with Gasteiger partial charge in [0.2, 0.25) is 0 Å². The molecule has 0 radical (unpaired) electrons. The average Bonchev–Trinajstić information content (AvgIpc) is 2.66. The Morgan fingerprint density at radius 3 is 1.90 bits per heavy atom. The molecule has 110 valence electrons. The molecular weight excluding hydrogens is 278 g/mol. The molecule has 3 rings (SSSR count). The molecule has 0 spiro atoms. The lowest BCUT2D eigenvalue weighted by molar-refractivity contribution is -0.627. The van der Waals surface area contributed by atoms with Gasteiger partial charge in [0.05, 0.1) is 13.6 Å². The van der Waals surface area contributed by atoms with Crippen LogP contribution in [0.2, 0.25) is 0 Å². The van der Waals surface area contributed by atoms with Gasteiger partial charge in [-0.05, 0) is 35.1 Å². The third kappa shape index (κ3) is 3.37. The van der Waals surface area contributed by atoms with Crippen LogP contribution >= 0.6 is 0 Å². The van der Waals surface area contributed by atoms with E-state index >= 15 is 0 Å². The van der Waals surface area contributed by atoms with E-state index in [1.807, 2.05) is 0 Å². The minimum atomic E-state index is 0. The molecule has 2 aromatic rings. The fourth-order valence-corrected chi connectivity index (χ4v) is 3.14. The zero-order valence-corrected chi connectivity index (χ0v) is 13.2. The van der Waals surface area contributed by atoms with Gasteiger partial charge >= 0.3 is 0 Å². The lowest BCUT2D eigenvalue weighted by atomic mass is 9.84. The maximum atomic E-state index is 2.29. The molecule has 0 aliphatic heterocycles. The van der Waals surface area contributed by atoms with Crippen molar-refractivity contribution >= 4 is 12.2 Å². The minimum absolute atomic E-state index is 0. The van der Waals surface area contributed by atoms with E-state index in [9.17, 15) is 0 Å². The Morgan fingerprint density at radius 1 is 0.857 bits per heavy atom. The molecular formula is C19H22ClN. The van der Waals surface area contributed by atoms with Crippen LogP contribution in [0.4, 0.5) is 0 Å². The van der Waals surface area contributed by atoms with E-state index in [0.29, 0.717) is 5.92 Å². The Labute approximate surface area is 133 Å². The van der Waals surface area contributed by atoms with Crippen LogP contribution in [-0.4, -0.2) is 13.6 Å².